The number of rotatable bonds is 5. The van der Waals surface area contributed by atoms with Crippen molar-refractivity contribution >= 4 is 11.8 Å². The number of ether oxygens (including phenoxy) is 1. The molecule has 1 N–H and O–H groups in total. The van der Waals surface area contributed by atoms with E-state index in [9.17, 15) is 9.59 Å². The third-order valence-corrected chi connectivity index (χ3v) is 5.19. The zero-order valence-electron chi connectivity index (χ0n) is 13.5. The molecule has 1 aliphatic carbocycles. The molecule has 126 valence electrons. The minimum Gasteiger partial charge on any atom is -0.459 e. The first kappa shape index (κ1) is 16.1. The van der Waals surface area contributed by atoms with E-state index >= 15 is 0 Å². The van der Waals surface area contributed by atoms with E-state index in [0.29, 0.717) is 32.0 Å². The maximum Gasteiger partial charge on any atom is 0.289 e. The summed E-state index contributed by atoms with van der Waals surface area (Å²) in [6.45, 7) is 2.13. The summed E-state index contributed by atoms with van der Waals surface area (Å²) in [5, 5.41) is 2.95. The fourth-order valence-corrected chi connectivity index (χ4v) is 4.03. The van der Waals surface area contributed by atoms with Gasteiger partial charge in [-0.3, -0.25) is 9.59 Å². The second kappa shape index (κ2) is 6.74. The molecule has 2 aliphatic rings. The topological polar surface area (TPSA) is 71.8 Å². The lowest BCUT2D eigenvalue weighted by molar-refractivity contribution is -0.127. The van der Waals surface area contributed by atoms with Crippen LogP contribution in [0.1, 0.15) is 36.2 Å². The Balaban J connectivity index is 1.72. The summed E-state index contributed by atoms with van der Waals surface area (Å²) in [5.41, 5.74) is -0.0700. The first-order chi connectivity index (χ1) is 11.2. The zero-order chi connectivity index (χ0) is 16.3. The highest BCUT2D eigenvalue weighted by Crippen LogP contribution is 2.49. The molecule has 1 aromatic heterocycles. The third kappa shape index (κ3) is 3.13. The Morgan fingerprint density at radius 3 is 2.87 bits per heavy atom. The molecule has 2 amide bonds. The lowest BCUT2D eigenvalue weighted by Crippen LogP contribution is -2.41. The lowest BCUT2D eigenvalue weighted by atomic mass is 9.76. The number of amides is 2. The highest BCUT2D eigenvalue weighted by Gasteiger charge is 2.52. The van der Waals surface area contributed by atoms with Crippen LogP contribution < -0.4 is 5.32 Å². The summed E-state index contributed by atoms with van der Waals surface area (Å²) in [5.74, 6) is 0.131. The van der Waals surface area contributed by atoms with Crippen molar-refractivity contribution in [3.8, 4) is 0 Å². The van der Waals surface area contributed by atoms with E-state index in [1.807, 2.05) is 0 Å². The maximum atomic E-state index is 12.6. The first-order valence-corrected chi connectivity index (χ1v) is 8.26. The van der Waals surface area contributed by atoms with Crippen molar-refractivity contribution in [3.05, 3.63) is 24.2 Å². The molecule has 1 saturated carbocycles. The van der Waals surface area contributed by atoms with Crippen LogP contribution in [0, 0.1) is 11.3 Å². The molecule has 2 heterocycles. The van der Waals surface area contributed by atoms with Gasteiger partial charge in [-0.05, 0) is 25.0 Å². The second-order valence-electron chi connectivity index (χ2n) is 6.57. The summed E-state index contributed by atoms with van der Waals surface area (Å²) < 4.78 is 10.2. The minimum atomic E-state index is -0.138. The van der Waals surface area contributed by atoms with Gasteiger partial charge in [0.25, 0.3) is 5.91 Å². The van der Waals surface area contributed by atoms with Crippen molar-refractivity contribution in [1.82, 2.24) is 10.2 Å². The number of carbonyl (C=O) groups is 2. The number of furan rings is 1. The third-order valence-electron chi connectivity index (χ3n) is 5.19. The SMILES string of the molecule is COCCNC(=O)C1CN(C(=O)c2ccco2)CC12CCCC2. The van der Waals surface area contributed by atoms with Gasteiger partial charge in [-0.15, -0.1) is 0 Å². The number of carbonyl (C=O) groups excluding carboxylic acids is 2. The average molecular weight is 320 g/mol. The van der Waals surface area contributed by atoms with Gasteiger partial charge in [-0.2, -0.15) is 0 Å². The number of hydrogen-bond donors (Lipinski definition) is 1. The Hall–Kier alpha value is -1.82. The van der Waals surface area contributed by atoms with E-state index in [4.69, 9.17) is 9.15 Å². The summed E-state index contributed by atoms with van der Waals surface area (Å²) in [6, 6.07) is 3.39. The van der Waals surface area contributed by atoms with Gasteiger partial charge in [0.1, 0.15) is 0 Å². The molecule has 0 radical (unpaired) electrons. The van der Waals surface area contributed by atoms with Gasteiger partial charge in [0.15, 0.2) is 5.76 Å². The molecule has 6 nitrogen and oxygen atoms in total. The Morgan fingerprint density at radius 1 is 1.43 bits per heavy atom. The van der Waals surface area contributed by atoms with E-state index in [2.05, 4.69) is 5.32 Å². The number of nitrogens with one attached hydrogen (secondary N) is 1. The standard InChI is InChI=1S/C17H24N2O4/c1-22-10-8-18-15(20)13-11-19(12-17(13)6-2-3-7-17)16(21)14-5-4-9-23-14/h4-5,9,13H,2-3,6-8,10-12H2,1H3,(H,18,20). The largest absolute Gasteiger partial charge is 0.459 e. The summed E-state index contributed by atoms with van der Waals surface area (Å²) >= 11 is 0. The summed E-state index contributed by atoms with van der Waals surface area (Å²) in [6.07, 6.45) is 5.79. The van der Waals surface area contributed by atoms with Gasteiger partial charge in [0, 0.05) is 32.2 Å². The van der Waals surface area contributed by atoms with Crippen LogP contribution in [-0.2, 0) is 9.53 Å². The summed E-state index contributed by atoms with van der Waals surface area (Å²) in [7, 11) is 1.62. The van der Waals surface area contributed by atoms with Gasteiger partial charge in [-0.1, -0.05) is 12.8 Å². The Labute approximate surface area is 136 Å². The van der Waals surface area contributed by atoms with Crippen LogP contribution in [0.3, 0.4) is 0 Å². The zero-order valence-corrected chi connectivity index (χ0v) is 13.5. The van der Waals surface area contributed by atoms with Gasteiger partial charge in [-0.25, -0.2) is 0 Å². The van der Waals surface area contributed by atoms with E-state index < -0.39 is 0 Å². The van der Waals surface area contributed by atoms with Crippen LogP contribution >= 0.6 is 0 Å². The number of methoxy groups -OCH3 is 1. The summed E-state index contributed by atoms with van der Waals surface area (Å²) in [4.78, 5) is 26.9. The Kier molecular flexibility index (Phi) is 4.71. The van der Waals surface area contributed by atoms with E-state index in [0.717, 1.165) is 25.7 Å². The molecule has 1 aromatic rings. The molecule has 6 heteroatoms. The smallest absolute Gasteiger partial charge is 0.289 e. The van der Waals surface area contributed by atoms with Crippen LogP contribution in [0.4, 0.5) is 0 Å². The van der Waals surface area contributed by atoms with Gasteiger partial charge in [0.05, 0.1) is 18.8 Å². The fraction of sp³-hybridized carbons (Fsp3) is 0.647. The quantitative estimate of drug-likeness (QED) is 0.838. The molecule has 1 atom stereocenters. The maximum absolute atomic E-state index is 12.6. The van der Waals surface area contributed by atoms with Crippen molar-refractivity contribution in [1.29, 1.82) is 0 Å². The normalized spacial score (nSPS) is 22.7. The number of hydrogen-bond acceptors (Lipinski definition) is 4. The van der Waals surface area contributed by atoms with Crippen molar-refractivity contribution in [2.24, 2.45) is 11.3 Å². The van der Waals surface area contributed by atoms with Crippen molar-refractivity contribution in [2.45, 2.75) is 25.7 Å². The van der Waals surface area contributed by atoms with Crippen LogP contribution in [0.5, 0.6) is 0 Å². The Morgan fingerprint density at radius 2 is 2.22 bits per heavy atom. The molecule has 0 bridgehead atoms. The van der Waals surface area contributed by atoms with Crippen LogP contribution in [-0.4, -0.2) is 50.1 Å². The van der Waals surface area contributed by atoms with E-state index in [1.165, 1.54) is 6.26 Å². The van der Waals surface area contributed by atoms with Crippen LogP contribution in [0.2, 0.25) is 0 Å². The van der Waals surface area contributed by atoms with Gasteiger partial charge < -0.3 is 19.4 Å². The Bertz CT molecular complexity index is 549. The van der Waals surface area contributed by atoms with Gasteiger partial charge >= 0.3 is 0 Å². The highest BCUT2D eigenvalue weighted by atomic mass is 16.5. The number of likely N-dealkylation sites (tertiary alicyclic amines) is 1. The fourth-order valence-electron chi connectivity index (χ4n) is 4.03. The molecule has 2 fully saturated rings. The molecule has 1 aliphatic heterocycles. The molecule has 0 aromatic carbocycles. The van der Waals surface area contributed by atoms with E-state index in [1.54, 1.807) is 24.1 Å². The molecule has 1 spiro atoms. The molecule has 3 rings (SSSR count). The van der Waals surface area contributed by atoms with Crippen molar-refractivity contribution in [2.75, 3.05) is 33.4 Å². The molecular formula is C17H24N2O4. The molecule has 1 unspecified atom stereocenters. The predicted molar refractivity (Wildman–Crippen MR) is 83.9 cm³/mol. The average Bonchev–Trinajstić information content (AvgIpc) is 3.28. The molecule has 1 saturated heterocycles. The monoisotopic (exact) mass is 320 g/mol. The minimum absolute atomic E-state index is 0.0405. The van der Waals surface area contributed by atoms with Crippen molar-refractivity contribution < 1.29 is 18.7 Å². The van der Waals surface area contributed by atoms with Gasteiger partial charge in [0.2, 0.25) is 5.91 Å². The van der Waals surface area contributed by atoms with E-state index in [-0.39, 0.29) is 23.1 Å². The van der Waals surface area contributed by atoms with Crippen LogP contribution in [0.25, 0.3) is 0 Å². The second-order valence-corrected chi connectivity index (χ2v) is 6.57. The van der Waals surface area contributed by atoms with Crippen LogP contribution in [0.15, 0.2) is 22.8 Å². The lowest BCUT2D eigenvalue weighted by Gasteiger charge is -2.28. The molecule has 23 heavy (non-hydrogen) atoms. The predicted octanol–water partition coefficient (Wildman–Crippen LogP) is 1.67. The molecular weight excluding hydrogens is 296 g/mol. The number of nitrogens with zero attached hydrogens (tertiary/aromatic N) is 1. The first-order valence-electron chi connectivity index (χ1n) is 8.26. The highest BCUT2D eigenvalue weighted by molar-refractivity contribution is 5.92. The van der Waals surface area contributed by atoms with Crippen molar-refractivity contribution in [3.63, 3.8) is 0 Å².